The van der Waals surface area contributed by atoms with Gasteiger partial charge in [0.05, 0.1) is 22.8 Å². The molecule has 1 aromatic heterocycles. The Labute approximate surface area is 113 Å². The molecule has 0 radical (unpaired) electrons. The van der Waals surface area contributed by atoms with Crippen molar-refractivity contribution >= 4 is 17.5 Å². The maximum absolute atomic E-state index is 11.6. The van der Waals surface area contributed by atoms with Gasteiger partial charge in [-0.3, -0.25) is 9.48 Å². The third-order valence-corrected chi connectivity index (χ3v) is 3.07. The van der Waals surface area contributed by atoms with Crippen LogP contribution in [-0.2, 0) is 4.79 Å². The van der Waals surface area contributed by atoms with E-state index in [1.165, 1.54) is 0 Å². The minimum atomic E-state index is -0.758. The Balaban J connectivity index is 2.81. The molecule has 0 aliphatic heterocycles. The molecular weight excluding hydrogens is 252 g/mol. The van der Waals surface area contributed by atoms with Crippen LogP contribution >= 0.6 is 11.6 Å². The number of carbonyl (C=O) groups excluding carboxylic acids is 1. The zero-order valence-electron chi connectivity index (χ0n) is 11.3. The molecule has 0 aromatic carbocycles. The van der Waals surface area contributed by atoms with Crippen molar-refractivity contribution in [2.45, 2.75) is 51.7 Å². The molecule has 0 aliphatic rings. The number of rotatable bonds is 6. The van der Waals surface area contributed by atoms with Gasteiger partial charge >= 0.3 is 0 Å². The highest BCUT2D eigenvalue weighted by atomic mass is 35.5. The van der Waals surface area contributed by atoms with Gasteiger partial charge in [0.1, 0.15) is 0 Å². The van der Waals surface area contributed by atoms with E-state index in [9.17, 15) is 4.79 Å². The van der Waals surface area contributed by atoms with Crippen LogP contribution in [0.5, 0.6) is 0 Å². The van der Waals surface area contributed by atoms with Crippen LogP contribution in [0.2, 0.25) is 5.02 Å². The lowest BCUT2D eigenvalue weighted by Crippen LogP contribution is -2.56. The fourth-order valence-electron chi connectivity index (χ4n) is 2.11. The first-order chi connectivity index (χ1) is 8.24. The number of primary amides is 1. The van der Waals surface area contributed by atoms with Crippen molar-refractivity contribution in [3.8, 4) is 0 Å². The van der Waals surface area contributed by atoms with E-state index in [1.54, 1.807) is 17.1 Å². The number of aromatic nitrogens is 2. The van der Waals surface area contributed by atoms with Crippen LogP contribution in [0.3, 0.4) is 0 Å². The highest BCUT2D eigenvalue weighted by Crippen LogP contribution is 2.22. The molecule has 0 saturated heterocycles. The lowest BCUT2D eigenvalue weighted by Gasteiger charge is -2.32. The van der Waals surface area contributed by atoms with Crippen molar-refractivity contribution in [2.24, 2.45) is 5.73 Å². The quantitative estimate of drug-likeness (QED) is 0.828. The van der Waals surface area contributed by atoms with E-state index < -0.39 is 5.54 Å². The molecule has 0 fully saturated rings. The summed E-state index contributed by atoms with van der Waals surface area (Å²) in [6.45, 7) is 7.76. The summed E-state index contributed by atoms with van der Waals surface area (Å²) in [4.78, 5) is 11.6. The van der Waals surface area contributed by atoms with E-state index in [4.69, 9.17) is 17.3 Å². The van der Waals surface area contributed by atoms with Crippen LogP contribution in [0.15, 0.2) is 12.4 Å². The molecule has 0 saturated carbocycles. The van der Waals surface area contributed by atoms with Gasteiger partial charge in [-0.25, -0.2) is 0 Å². The van der Waals surface area contributed by atoms with Gasteiger partial charge in [-0.2, -0.15) is 5.10 Å². The lowest BCUT2D eigenvalue weighted by molar-refractivity contribution is -0.124. The third kappa shape index (κ3) is 3.71. The van der Waals surface area contributed by atoms with E-state index >= 15 is 0 Å². The molecule has 1 aromatic rings. The van der Waals surface area contributed by atoms with Crippen LogP contribution in [-0.4, -0.2) is 27.3 Å². The Bertz CT molecular complexity index is 418. The van der Waals surface area contributed by atoms with Crippen molar-refractivity contribution in [1.29, 1.82) is 0 Å². The van der Waals surface area contributed by atoms with Gasteiger partial charge in [-0.15, -0.1) is 0 Å². The Hall–Kier alpha value is -1.07. The first-order valence-corrected chi connectivity index (χ1v) is 6.39. The van der Waals surface area contributed by atoms with Gasteiger partial charge in [0.15, 0.2) is 0 Å². The molecule has 0 aliphatic carbocycles. The summed E-state index contributed by atoms with van der Waals surface area (Å²) >= 11 is 5.83. The van der Waals surface area contributed by atoms with Crippen LogP contribution in [0, 0.1) is 0 Å². The van der Waals surface area contributed by atoms with Crippen molar-refractivity contribution in [2.75, 3.05) is 0 Å². The van der Waals surface area contributed by atoms with Crippen molar-refractivity contribution in [3.05, 3.63) is 17.4 Å². The fourth-order valence-corrected chi connectivity index (χ4v) is 2.25. The summed E-state index contributed by atoms with van der Waals surface area (Å²) in [6, 6.07) is 0.206. The predicted molar refractivity (Wildman–Crippen MR) is 72.4 cm³/mol. The van der Waals surface area contributed by atoms with Crippen molar-refractivity contribution in [1.82, 2.24) is 15.1 Å². The van der Waals surface area contributed by atoms with E-state index in [1.807, 2.05) is 27.7 Å². The maximum Gasteiger partial charge on any atom is 0.237 e. The molecule has 2 unspecified atom stereocenters. The SMILES string of the molecule is CC(C)NC(C)(CC(C)n1cc(Cl)cn1)C(N)=O. The average Bonchev–Trinajstić information content (AvgIpc) is 2.63. The standard InChI is InChI=1S/C12H21ClN4O/c1-8(2)16-12(4,11(14)18)5-9(3)17-7-10(13)6-15-17/h6-9,16H,5H2,1-4H3,(H2,14,18). The van der Waals surface area contributed by atoms with Crippen molar-refractivity contribution in [3.63, 3.8) is 0 Å². The van der Waals surface area contributed by atoms with Crippen molar-refractivity contribution < 1.29 is 4.79 Å². The molecular formula is C12H21ClN4O. The number of carbonyl (C=O) groups is 1. The average molecular weight is 273 g/mol. The molecule has 18 heavy (non-hydrogen) atoms. The molecule has 2 atom stereocenters. The van der Waals surface area contributed by atoms with Crippen LogP contribution in [0.4, 0.5) is 0 Å². The molecule has 6 heteroatoms. The zero-order valence-corrected chi connectivity index (χ0v) is 12.0. The first-order valence-electron chi connectivity index (χ1n) is 6.02. The normalized spacial score (nSPS) is 16.6. The fraction of sp³-hybridized carbons (Fsp3) is 0.667. The Morgan fingerprint density at radius 1 is 1.61 bits per heavy atom. The Morgan fingerprint density at radius 3 is 2.61 bits per heavy atom. The van der Waals surface area contributed by atoms with Crippen LogP contribution in [0.25, 0.3) is 0 Å². The van der Waals surface area contributed by atoms with Crippen LogP contribution < -0.4 is 11.1 Å². The van der Waals surface area contributed by atoms with Gasteiger partial charge < -0.3 is 11.1 Å². The third-order valence-electron chi connectivity index (χ3n) is 2.88. The number of nitrogens with zero attached hydrogens (tertiary/aromatic N) is 2. The van der Waals surface area contributed by atoms with Crippen LogP contribution in [0.1, 0.15) is 40.2 Å². The molecule has 0 bridgehead atoms. The summed E-state index contributed by atoms with van der Waals surface area (Å²) in [6.07, 6.45) is 3.87. The number of nitrogens with one attached hydrogen (secondary N) is 1. The number of nitrogens with two attached hydrogens (primary N) is 1. The molecule has 1 rings (SSSR count). The molecule has 1 amide bonds. The molecule has 1 heterocycles. The molecule has 3 N–H and O–H groups in total. The second kappa shape index (κ2) is 5.71. The molecule has 5 nitrogen and oxygen atoms in total. The minimum absolute atomic E-state index is 0.0289. The lowest BCUT2D eigenvalue weighted by atomic mass is 9.92. The highest BCUT2D eigenvalue weighted by molar-refractivity contribution is 6.30. The number of hydrogen-bond acceptors (Lipinski definition) is 3. The Morgan fingerprint density at radius 2 is 2.22 bits per heavy atom. The summed E-state index contributed by atoms with van der Waals surface area (Å²) in [7, 11) is 0. The predicted octanol–water partition coefficient (Wildman–Crippen LogP) is 1.73. The summed E-state index contributed by atoms with van der Waals surface area (Å²) < 4.78 is 1.74. The minimum Gasteiger partial charge on any atom is -0.368 e. The van der Waals surface area contributed by atoms with E-state index in [0.717, 1.165) is 0 Å². The second-order valence-electron chi connectivity index (χ2n) is 5.19. The smallest absolute Gasteiger partial charge is 0.237 e. The van der Waals surface area contributed by atoms with Gasteiger partial charge in [0.25, 0.3) is 0 Å². The van der Waals surface area contributed by atoms with E-state index in [0.29, 0.717) is 11.4 Å². The largest absolute Gasteiger partial charge is 0.368 e. The topological polar surface area (TPSA) is 72.9 Å². The molecule has 0 spiro atoms. The summed E-state index contributed by atoms with van der Waals surface area (Å²) in [5, 5.41) is 7.94. The second-order valence-corrected chi connectivity index (χ2v) is 5.62. The number of halogens is 1. The van der Waals surface area contributed by atoms with Gasteiger partial charge in [0, 0.05) is 12.2 Å². The van der Waals surface area contributed by atoms with Gasteiger partial charge in [-0.1, -0.05) is 11.6 Å². The number of hydrogen-bond donors (Lipinski definition) is 2. The monoisotopic (exact) mass is 272 g/mol. The van der Waals surface area contributed by atoms with Gasteiger partial charge in [-0.05, 0) is 34.1 Å². The highest BCUT2D eigenvalue weighted by Gasteiger charge is 2.33. The summed E-state index contributed by atoms with van der Waals surface area (Å²) in [5.41, 5.74) is 4.74. The molecule has 102 valence electrons. The zero-order chi connectivity index (χ0) is 13.9. The van der Waals surface area contributed by atoms with E-state index in [2.05, 4.69) is 10.4 Å². The van der Waals surface area contributed by atoms with Gasteiger partial charge in [0.2, 0.25) is 5.91 Å². The Kier molecular flexibility index (Phi) is 4.76. The first kappa shape index (κ1) is 15.0. The number of amides is 1. The van der Waals surface area contributed by atoms with E-state index in [-0.39, 0.29) is 18.0 Å². The summed E-state index contributed by atoms with van der Waals surface area (Å²) in [5.74, 6) is -0.360. The maximum atomic E-state index is 11.6.